The van der Waals surface area contributed by atoms with Crippen LogP contribution in [-0.2, 0) is 19.1 Å². The Kier molecular flexibility index (Phi) is 36.9. The van der Waals surface area contributed by atoms with Gasteiger partial charge in [-0.2, -0.15) is 0 Å². The third kappa shape index (κ3) is 34.6. The molecule has 0 aromatic heterocycles. The molecule has 0 aliphatic rings. The lowest BCUT2D eigenvalue weighted by Gasteiger charge is -2.18. The second kappa shape index (κ2) is 38.3. The summed E-state index contributed by atoms with van der Waals surface area (Å²) in [5.41, 5.74) is 5.48. The number of hydrogen-bond donors (Lipinski definition) is 3. The molecule has 50 heavy (non-hydrogen) atoms. The molecule has 2 atom stereocenters. The molecule has 1 amide bonds. The zero-order chi connectivity index (χ0) is 36.8. The quantitative estimate of drug-likeness (QED) is 0.0332. The zero-order valence-electron chi connectivity index (χ0n) is 33.0. The molecule has 294 valence electrons. The molecule has 0 aliphatic carbocycles. The van der Waals surface area contributed by atoms with Crippen LogP contribution < -0.4 is 11.1 Å². The highest BCUT2D eigenvalue weighted by molar-refractivity contribution is 5.83. The molecule has 0 saturated heterocycles. The minimum absolute atomic E-state index is 0.0164. The summed E-state index contributed by atoms with van der Waals surface area (Å²) in [5.74, 6) is -1.23. The van der Waals surface area contributed by atoms with Crippen LogP contribution in [0.1, 0.15) is 226 Å². The van der Waals surface area contributed by atoms with Gasteiger partial charge in [0.1, 0.15) is 12.1 Å². The van der Waals surface area contributed by atoms with Gasteiger partial charge in [-0.15, -0.1) is 0 Å². The molecular weight excluding hydrogens is 624 g/mol. The second-order valence-electron chi connectivity index (χ2n) is 14.8. The van der Waals surface area contributed by atoms with Crippen molar-refractivity contribution in [2.45, 2.75) is 238 Å². The number of allylic oxidation sites excluding steroid dienone is 2. The lowest BCUT2D eigenvalue weighted by Crippen LogP contribution is -2.40. The maximum atomic E-state index is 12.7. The molecule has 0 bridgehead atoms. The first-order chi connectivity index (χ1) is 24.4. The molecule has 0 aromatic carbocycles. The highest BCUT2D eigenvalue weighted by Gasteiger charge is 2.19. The SMILES string of the molecule is CCCCCCCCC/C=C\CCCCCCCC(=O)OC(CCCCCCCCCC)CCCCCCCC(=O)NC(CCCN)C(=O)O. The number of nitrogens with two attached hydrogens (primary N) is 1. The number of rotatable bonds is 39. The van der Waals surface area contributed by atoms with Gasteiger partial charge in [-0.3, -0.25) is 9.59 Å². The summed E-state index contributed by atoms with van der Waals surface area (Å²) in [5, 5.41) is 11.9. The van der Waals surface area contributed by atoms with Gasteiger partial charge in [0, 0.05) is 12.8 Å². The number of amides is 1. The Bertz CT molecular complexity index is 802. The molecule has 0 radical (unpaired) electrons. The lowest BCUT2D eigenvalue weighted by atomic mass is 10.0. The van der Waals surface area contributed by atoms with Crippen molar-refractivity contribution in [2.24, 2.45) is 5.73 Å². The van der Waals surface area contributed by atoms with Crippen molar-refractivity contribution in [3.8, 4) is 0 Å². The highest BCUT2D eigenvalue weighted by atomic mass is 16.5. The van der Waals surface area contributed by atoms with Gasteiger partial charge in [0.2, 0.25) is 5.91 Å². The molecule has 0 heterocycles. The highest BCUT2D eigenvalue weighted by Crippen LogP contribution is 2.19. The summed E-state index contributed by atoms with van der Waals surface area (Å²) >= 11 is 0. The van der Waals surface area contributed by atoms with Crippen LogP contribution in [0.5, 0.6) is 0 Å². The molecule has 0 aliphatic heterocycles. The van der Waals surface area contributed by atoms with Crippen molar-refractivity contribution >= 4 is 17.8 Å². The van der Waals surface area contributed by atoms with Crippen molar-refractivity contribution in [3.63, 3.8) is 0 Å². The molecule has 0 saturated carbocycles. The van der Waals surface area contributed by atoms with Gasteiger partial charge in [0.25, 0.3) is 0 Å². The Hall–Kier alpha value is -1.89. The predicted octanol–water partition coefficient (Wildman–Crippen LogP) is 11.9. The summed E-state index contributed by atoms with van der Waals surface area (Å²) < 4.78 is 6.02. The van der Waals surface area contributed by atoms with Gasteiger partial charge in [-0.25, -0.2) is 4.79 Å². The van der Waals surface area contributed by atoms with E-state index in [1.807, 2.05) is 0 Å². The van der Waals surface area contributed by atoms with E-state index in [1.54, 1.807) is 0 Å². The van der Waals surface area contributed by atoms with Crippen molar-refractivity contribution in [3.05, 3.63) is 12.2 Å². The topological polar surface area (TPSA) is 119 Å². The maximum Gasteiger partial charge on any atom is 0.326 e. The third-order valence-electron chi connectivity index (χ3n) is 9.83. The van der Waals surface area contributed by atoms with Crippen LogP contribution >= 0.6 is 0 Å². The van der Waals surface area contributed by atoms with E-state index in [0.717, 1.165) is 64.2 Å². The van der Waals surface area contributed by atoms with Gasteiger partial charge in [0.15, 0.2) is 0 Å². The van der Waals surface area contributed by atoms with E-state index in [2.05, 4.69) is 31.3 Å². The van der Waals surface area contributed by atoms with Crippen LogP contribution in [0.3, 0.4) is 0 Å². The van der Waals surface area contributed by atoms with E-state index < -0.39 is 12.0 Å². The number of esters is 1. The number of unbranched alkanes of at least 4 members (excludes halogenated alkanes) is 23. The van der Waals surface area contributed by atoms with Gasteiger partial charge in [-0.05, 0) is 83.6 Å². The Labute approximate surface area is 309 Å². The molecule has 0 spiro atoms. The first kappa shape index (κ1) is 48.1. The monoisotopic (exact) mass is 707 g/mol. The lowest BCUT2D eigenvalue weighted by molar-refractivity contribution is -0.150. The minimum Gasteiger partial charge on any atom is -0.480 e. The van der Waals surface area contributed by atoms with Crippen LogP contribution in [0, 0.1) is 0 Å². The molecule has 0 aromatic rings. The number of carboxylic acid groups (broad SMARTS) is 1. The Balaban J connectivity index is 4.20. The summed E-state index contributed by atoms with van der Waals surface area (Å²) in [6.07, 6.45) is 41.1. The number of nitrogens with one attached hydrogen (secondary N) is 1. The molecule has 0 fully saturated rings. The molecular formula is C43H82N2O5. The smallest absolute Gasteiger partial charge is 0.326 e. The van der Waals surface area contributed by atoms with E-state index in [9.17, 15) is 19.5 Å². The average Bonchev–Trinajstić information content (AvgIpc) is 3.10. The summed E-state index contributed by atoms with van der Waals surface area (Å²) in [4.78, 5) is 36.3. The number of ether oxygens (including phenoxy) is 1. The largest absolute Gasteiger partial charge is 0.480 e. The first-order valence-electron chi connectivity index (χ1n) is 21.5. The number of carbonyl (C=O) groups excluding carboxylic acids is 2. The van der Waals surface area contributed by atoms with E-state index in [0.29, 0.717) is 32.2 Å². The first-order valence-corrected chi connectivity index (χ1v) is 21.5. The van der Waals surface area contributed by atoms with Crippen LogP contribution in [0.25, 0.3) is 0 Å². The Morgan fingerprint density at radius 1 is 0.560 bits per heavy atom. The number of aliphatic carboxylic acids is 1. The van der Waals surface area contributed by atoms with Gasteiger partial charge in [-0.1, -0.05) is 148 Å². The fourth-order valence-electron chi connectivity index (χ4n) is 6.56. The Morgan fingerprint density at radius 2 is 0.980 bits per heavy atom. The number of hydrogen-bond acceptors (Lipinski definition) is 5. The molecule has 7 heteroatoms. The van der Waals surface area contributed by atoms with E-state index in [-0.39, 0.29) is 18.0 Å². The van der Waals surface area contributed by atoms with E-state index in [4.69, 9.17) is 10.5 Å². The molecule has 4 N–H and O–H groups in total. The van der Waals surface area contributed by atoms with Crippen LogP contribution in [0.15, 0.2) is 12.2 Å². The Morgan fingerprint density at radius 3 is 1.44 bits per heavy atom. The van der Waals surface area contributed by atoms with Gasteiger partial charge < -0.3 is 20.9 Å². The van der Waals surface area contributed by atoms with Crippen molar-refractivity contribution in [2.75, 3.05) is 6.54 Å². The molecule has 2 unspecified atom stereocenters. The summed E-state index contributed by atoms with van der Waals surface area (Å²) in [6, 6.07) is -0.853. The molecule has 7 nitrogen and oxygen atoms in total. The predicted molar refractivity (Wildman–Crippen MR) is 211 cm³/mol. The summed E-state index contributed by atoms with van der Waals surface area (Å²) in [7, 11) is 0. The number of carboxylic acids is 1. The van der Waals surface area contributed by atoms with Crippen LogP contribution in [0.4, 0.5) is 0 Å². The molecule has 0 rings (SSSR count). The van der Waals surface area contributed by atoms with Crippen molar-refractivity contribution in [1.29, 1.82) is 0 Å². The number of carbonyl (C=O) groups is 3. The van der Waals surface area contributed by atoms with Crippen molar-refractivity contribution in [1.82, 2.24) is 5.32 Å². The standard InChI is InChI=1S/C43H82N2O5/c1-3-5-7-9-11-13-14-15-16-17-18-19-20-22-27-31-37-42(47)50-39(33-28-24-21-12-10-8-6-4-2)34-29-25-23-26-30-36-41(46)45-40(43(48)49)35-32-38-44/h16-17,39-40H,3-15,18-38,44H2,1-2H3,(H,45,46)(H,48,49)/b17-16-. The van der Waals surface area contributed by atoms with Gasteiger partial charge in [0.05, 0.1) is 0 Å². The zero-order valence-corrected chi connectivity index (χ0v) is 33.0. The van der Waals surface area contributed by atoms with Gasteiger partial charge >= 0.3 is 11.9 Å². The van der Waals surface area contributed by atoms with Crippen LogP contribution in [0.2, 0.25) is 0 Å². The van der Waals surface area contributed by atoms with E-state index in [1.165, 1.54) is 122 Å². The second-order valence-corrected chi connectivity index (χ2v) is 14.8. The van der Waals surface area contributed by atoms with Crippen molar-refractivity contribution < 1.29 is 24.2 Å². The summed E-state index contributed by atoms with van der Waals surface area (Å²) in [6.45, 7) is 4.94. The normalized spacial score (nSPS) is 12.7. The van der Waals surface area contributed by atoms with E-state index >= 15 is 0 Å². The fourth-order valence-corrected chi connectivity index (χ4v) is 6.56. The minimum atomic E-state index is -1.00. The third-order valence-corrected chi connectivity index (χ3v) is 9.83. The fraction of sp³-hybridized carbons (Fsp3) is 0.884. The maximum absolute atomic E-state index is 12.7. The average molecular weight is 707 g/mol. The van der Waals surface area contributed by atoms with Crippen LogP contribution in [-0.4, -0.2) is 41.6 Å².